The number of guanidine groups is 1. The maximum atomic E-state index is 4.71. The topological polar surface area (TPSA) is 54.2 Å². The molecule has 2 aromatic carbocycles. The largest absolute Gasteiger partial charge is 0.357 e. The predicted octanol–water partition coefficient (Wildman–Crippen LogP) is 5.53. The van der Waals surface area contributed by atoms with Crippen LogP contribution in [0.15, 0.2) is 89.1 Å². The van der Waals surface area contributed by atoms with E-state index in [4.69, 9.17) is 4.99 Å². The molecule has 0 saturated carbocycles. The Labute approximate surface area is 210 Å². The first-order chi connectivity index (χ1) is 15.3. The molecule has 0 unspecified atom stereocenters. The molecule has 0 fully saturated rings. The van der Waals surface area contributed by atoms with Crippen molar-refractivity contribution in [3.63, 3.8) is 0 Å². The number of aliphatic imine (C=N–C) groups is 1. The monoisotopic (exact) mass is 557 g/mol. The van der Waals surface area contributed by atoms with Crippen molar-refractivity contribution in [2.45, 2.75) is 26.6 Å². The van der Waals surface area contributed by atoms with Gasteiger partial charge in [0.15, 0.2) is 5.96 Å². The Bertz CT molecular complexity index is 1090. The fraction of sp³-hybridized carbons (Fsp3) is 0.200. The minimum absolute atomic E-state index is 0. The van der Waals surface area contributed by atoms with E-state index in [1.54, 1.807) is 11.3 Å². The number of thiophene rings is 1. The maximum Gasteiger partial charge on any atom is 0.191 e. The Hall–Kier alpha value is -2.65. The second kappa shape index (κ2) is 12.4. The van der Waals surface area contributed by atoms with E-state index in [1.807, 2.05) is 18.7 Å². The lowest BCUT2D eigenvalue weighted by atomic mass is 9.98. The van der Waals surface area contributed by atoms with Gasteiger partial charge < -0.3 is 15.2 Å². The number of hydrogen-bond acceptors (Lipinski definition) is 3. The molecule has 0 aliphatic carbocycles. The minimum Gasteiger partial charge on any atom is -0.357 e. The second-order valence-corrected chi connectivity index (χ2v) is 8.05. The van der Waals surface area contributed by atoms with Crippen LogP contribution in [0.5, 0.6) is 0 Å². The van der Waals surface area contributed by atoms with Crippen molar-refractivity contribution in [2.24, 2.45) is 4.99 Å². The van der Waals surface area contributed by atoms with Crippen LogP contribution in [-0.4, -0.2) is 22.1 Å². The normalized spacial score (nSPS) is 11.1. The molecular weight excluding hydrogens is 529 g/mol. The Morgan fingerprint density at radius 2 is 1.88 bits per heavy atom. The molecule has 4 aromatic rings. The van der Waals surface area contributed by atoms with Crippen LogP contribution in [0.2, 0.25) is 0 Å². The summed E-state index contributed by atoms with van der Waals surface area (Å²) < 4.78 is 2.07. The number of benzene rings is 2. The maximum absolute atomic E-state index is 4.71. The van der Waals surface area contributed by atoms with Gasteiger partial charge in [0.1, 0.15) is 0 Å². The molecule has 4 rings (SSSR count). The number of rotatable bonds is 8. The standard InChI is InChI=1S/C25H27N5S.HI/c1-2-27-25(28-15-21-11-14-31-18-21)29-16-23-5-3-4-6-24(23)22-9-7-20(8-10-22)17-30-13-12-26-19-30;/h3-14,18-19H,2,15-17H2,1H3,(H2,27,28,29);1H. The molecule has 0 spiro atoms. The molecule has 2 heterocycles. The van der Waals surface area contributed by atoms with Gasteiger partial charge >= 0.3 is 0 Å². The van der Waals surface area contributed by atoms with Crippen molar-refractivity contribution in [2.75, 3.05) is 6.54 Å². The number of nitrogens with one attached hydrogen (secondary N) is 2. The van der Waals surface area contributed by atoms with Crippen molar-refractivity contribution >= 4 is 41.3 Å². The summed E-state index contributed by atoms with van der Waals surface area (Å²) in [6, 6.07) is 19.4. The minimum atomic E-state index is 0. The average molecular weight is 558 g/mol. The number of nitrogens with zero attached hydrogens (tertiary/aromatic N) is 3. The van der Waals surface area contributed by atoms with Gasteiger partial charge in [-0.3, -0.25) is 0 Å². The number of aromatic nitrogens is 2. The number of halogens is 1. The van der Waals surface area contributed by atoms with Crippen LogP contribution < -0.4 is 10.6 Å². The Balaban J connectivity index is 0.00000289. The Morgan fingerprint density at radius 3 is 2.59 bits per heavy atom. The van der Waals surface area contributed by atoms with Gasteiger partial charge in [-0.1, -0.05) is 48.5 Å². The number of imidazole rings is 1. The highest BCUT2D eigenvalue weighted by Crippen LogP contribution is 2.24. The summed E-state index contributed by atoms with van der Waals surface area (Å²) in [5, 5.41) is 11.0. The van der Waals surface area contributed by atoms with Crippen LogP contribution in [0.25, 0.3) is 11.1 Å². The van der Waals surface area contributed by atoms with Gasteiger partial charge in [0.25, 0.3) is 0 Å². The van der Waals surface area contributed by atoms with E-state index >= 15 is 0 Å². The van der Waals surface area contributed by atoms with E-state index in [9.17, 15) is 0 Å². The molecule has 0 saturated heterocycles. The third-order valence-electron chi connectivity index (χ3n) is 5.00. The molecule has 0 bridgehead atoms. The third kappa shape index (κ3) is 6.67. The quantitative estimate of drug-likeness (QED) is 0.170. The smallest absolute Gasteiger partial charge is 0.191 e. The summed E-state index contributed by atoms with van der Waals surface area (Å²) >= 11 is 1.70. The van der Waals surface area contributed by atoms with Crippen molar-refractivity contribution in [3.05, 3.63) is 101 Å². The van der Waals surface area contributed by atoms with Crippen LogP contribution in [0.3, 0.4) is 0 Å². The van der Waals surface area contributed by atoms with Gasteiger partial charge in [-0.05, 0) is 51.6 Å². The predicted molar refractivity (Wildman–Crippen MR) is 145 cm³/mol. The first-order valence-corrected chi connectivity index (χ1v) is 11.4. The average Bonchev–Trinajstić information content (AvgIpc) is 3.51. The zero-order chi connectivity index (χ0) is 21.3. The van der Waals surface area contributed by atoms with Crippen LogP contribution in [0.4, 0.5) is 0 Å². The zero-order valence-electron chi connectivity index (χ0n) is 18.1. The highest BCUT2D eigenvalue weighted by molar-refractivity contribution is 14.0. The first kappa shape index (κ1) is 24.0. The van der Waals surface area contributed by atoms with Crippen LogP contribution in [0, 0.1) is 0 Å². The molecule has 0 radical (unpaired) electrons. The molecule has 0 amide bonds. The molecular formula is C25H28IN5S. The molecule has 166 valence electrons. The molecule has 0 atom stereocenters. The van der Waals surface area contributed by atoms with Crippen LogP contribution in [0.1, 0.15) is 23.6 Å². The van der Waals surface area contributed by atoms with E-state index < -0.39 is 0 Å². The summed E-state index contributed by atoms with van der Waals surface area (Å²) in [7, 11) is 0. The van der Waals surface area contributed by atoms with Gasteiger partial charge in [-0.2, -0.15) is 11.3 Å². The van der Waals surface area contributed by atoms with Crippen LogP contribution in [-0.2, 0) is 19.6 Å². The summed E-state index contributed by atoms with van der Waals surface area (Å²) in [5.74, 6) is 0.833. The van der Waals surface area contributed by atoms with E-state index in [0.29, 0.717) is 13.1 Å². The number of hydrogen-bond donors (Lipinski definition) is 2. The van der Waals surface area contributed by atoms with Crippen molar-refractivity contribution in [1.82, 2.24) is 20.2 Å². The molecule has 32 heavy (non-hydrogen) atoms. The van der Waals surface area contributed by atoms with Crippen molar-refractivity contribution in [3.8, 4) is 11.1 Å². The third-order valence-corrected chi connectivity index (χ3v) is 5.73. The summed E-state index contributed by atoms with van der Waals surface area (Å²) in [4.78, 5) is 8.83. The van der Waals surface area contributed by atoms with Gasteiger partial charge in [0.2, 0.25) is 0 Å². The molecule has 0 aliphatic heterocycles. The lowest BCUT2D eigenvalue weighted by Crippen LogP contribution is -2.36. The first-order valence-electron chi connectivity index (χ1n) is 10.5. The van der Waals surface area contributed by atoms with Gasteiger partial charge in [0.05, 0.1) is 12.9 Å². The Kier molecular flexibility index (Phi) is 9.30. The van der Waals surface area contributed by atoms with Gasteiger partial charge in [0, 0.05) is 32.0 Å². The van der Waals surface area contributed by atoms with E-state index in [-0.39, 0.29) is 24.0 Å². The lowest BCUT2D eigenvalue weighted by Gasteiger charge is -2.14. The van der Waals surface area contributed by atoms with Crippen molar-refractivity contribution < 1.29 is 0 Å². The SMILES string of the molecule is CCNC(=NCc1ccsc1)NCc1ccccc1-c1ccc(Cn2ccnc2)cc1.I. The van der Waals surface area contributed by atoms with Gasteiger partial charge in [-0.25, -0.2) is 9.98 Å². The Morgan fingerprint density at radius 1 is 1.03 bits per heavy atom. The fourth-order valence-corrected chi connectivity index (χ4v) is 4.07. The van der Waals surface area contributed by atoms with Crippen molar-refractivity contribution in [1.29, 1.82) is 0 Å². The lowest BCUT2D eigenvalue weighted by molar-refractivity contribution is 0.797. The van der Waals surface area contributed by atoms with E-state index in [2.05, 4.69) is 92.5 Å². The molecule has 2 N–H and O–H groups in total. The fourth-order valence-electron chi connectivity index (χ4n) is 3.41. The molecule has 0 aliphatic rings. The highest BCUT2D eigenvalue weighted by Gasteiger charge is 2.06. The summed E-state index contributed by atoms with van der Waals surface area (Å²) in [6.45, 7) is 5.13. The molecule has 5 nitrogen and oxygen atoms in total. The summed E-state index contributed by atoms with van der Waals surface area (Å²) in [5.41, 5.74) is 6.18. The molecule has 7 heteroatoms. The highest BCUT2D eigenvalue weighted by atomic mass is 127. The van der Waals surface area contributed by atoms with E-state index in [0.717, 1.165) is 19.0 Å². The summed E-state index contributed by atoms with van der Waals surface area (Å²) in [6.07, 6.45) is 5.64. The zero-order valence-corrected chi connectivity index (χ0v) is 21.2. The second-order valence-electron chi connectivity index (χ2n) is 7.27. The molecule has 2 aromatic heterocycles. The van der Waals surface area contributed by atoms with Gasteiger partial charge in [-0.15, -0.1) is 24.0 Å². The van der Waals surface area contributed by atoms with E-state index in [1.165, 1.54) is 27.8 Å². The van der Waals surface area contributed by atoms with Crippen LogP contribution >= 0.6 is 35.3 Å².